The number of fused-ring (bicyclic) bond motifs is 1. The van der Waals surface area contributed by atoms with Gasteiger partial charge in [0.2, 0.25) is 5.91 Å². The van der Waals surface area contributed by atoms with E-state index in [1.807, 2.05) is 43.3 Å². The van der Waals surface area contributed by atoms with Crippen molar-refractivity contribution >= 4 is 11.6 Å². The molecule has 5 nitrogen and oxygen atoms in total. The molecular formula is C28H31N3O2. The molecule has 1 unspecified atom stereocenters. The molecule has 5 heteroatoms. The number of anilines is 1. The Kier molecular flexibility index (Phi) is 6.42. The average Bonchev–Trinajstić information content (AvgIpc) is 3.33. The van der Waals surface area contributed by atoms with Crippen LogP contribution in [0.1, 0.15) is 18.1 Å². The lowest BCUT2D eigenvalue weighted by Crippen LogP contribution is -2.52. The van der Waals surface area contributed by atoms with Crippen molar-refractivity contribution in [3.8, 4) is 16.9 Å². The van der Waals surface area contributed by atoms with Gasteiger partial charge in [0, 0.05) is 50.4 Å². The minimum absolute atomic E-state index is 0.0467. The van der Waals surface area contributed by atoms with E-state index < -0.39 is 0 Å². The van der Waals surface area contributed by atoms with Crippen LogP contribution in [0.2, 0.25) is 0 Å². The number of carbonyl (C=O) groups is 1. The molecule has 0 aliphatic carbocycles. The monoisotopic (exact) mass is 441 g/mol. The van der Waals surface area contributed by atoms with Crippen LogP contribution in [0.25, 0.3) is 11.1 Å². The molecule has 1 N–H and O–H groups in total. The zero-order valence-corrected chi connectivity index (χ0v) is 19.2. The van der Waals surface area contributed by atoms with Crippen molar-refractivity contribution in [1.82, 2.24) is 9.80 Å². The van der Waals surface area contributed by atoms with Crippen molar-refractivity contribution < 1.29 is 9.53 Å². The molecule has 2 aliphatic heterocycles. The number of carbonyl (C=O) groups excluding carboxylic acids is 1. The van der Waals surface area contributed by atoms with Crippen LogP contribution in [0.15, 0.2) is 72.8 Å². The number of rotatable bonds is 6. The molecule has 33 heavy (non-hydrogen) atoms. The van der Waals surface area contributed by atoms with Gasteiger partial charge in [-0.3, -0.25) is 14.6 Å². The fourth-order valence-electron chi connectivity index (χ4n) is 4.77. The van der Waals surface area contributed by atoms with Crippen LogP contribution in [0, 0.1) is 0 Å². The van der Waals surface area contributed by atoms with Crippen LogP contribution in [0.4, 0.5) is 5.69 Å². The fraction of sp³-hybridized carbons (Fsp3) is 0.321. The molecule has 0 saturated carbocycles. The minimum Gasteiger partial charge on any atom is -0.493 e. The normalized spacial score (nSPS) is 17.2. The zero-order chi connectivity index (χ0) is 22.6. The van der Waals surface area contributed by atoms with E-state index >= 15 is 0 Å². The van der Waals surface area contributed by atoms with Gasteiger partial charge in [0.1, 0.15) is 5.75 Å². The van der Waals surface area contributed by atoms with Crippen molar-refractivity contribution in [3.05, 3.63) is 83.9 Å². The van der Waals surface area contributed by atoms with Gasteiger partial charge in [0.15, 0.2) is 0 Å². The molecular weight excluding hydrogens is 410 g/mol. The van der Waals surface area contributed by atoms with Gasteiger partial charge in [-0.15, -0.1) is 0 Å². The summed E-state index contributed by atoms with van der Waals surface area (Å²) < 4.78 is 5.62. The number of para-hydroxylation sites is 1. The average molecular weight is 442 g/mol. The molecule has 0 spiro atoms. The van der Waals surface area contributed by atoms with E-state index in [9.17, 15) is 4.79 Å². The van der Waals surface area contributed by atoms with Crippen LogP contribution in [-0.4, -0.2) is 54.5 Å². The van der Waals surface area contributed by atoms with Crippen LogP contribution in [0.5, 0.6) is 5.75 Å². The fourth-order valence-corrected chi connectivity index (χ4v) is 4.77. The third-order valence-corrected chi connectivity index (χ3v) is 6.76. The Hall–Kier alpha value is -3.15. The summed E-state index contributed by atoms with van der Waals surface area (Å²) in [5.41, 5.74) is 5.68. The number of piperazine rings is 1. The van der Waals surface area contributed by atoms with E-state index in [2.05, 4.69) is 51.5 Å². The summed E-state index contributed by atoms with van der Waals surface area (Å²) in [6.07, 6.45) is 1.01. The lowest BCUT2D eigenvalue weighted by atomic mass is 10.0. The van der Waals surface area contributed by atoms with Gasteiger partial charge in [-0.1, -0.05) is 60.7 Å². The molecule has 170 valence electrons. The molecule has 3 aromatic rings. The van der Waals surface area contributed by atoms with Gasteiger partial charge in [0.05, 0.1) is 12.6 Å². The maximum absolute atomic E-state index is 13.1. The summed E-state index contributed by atoms with van der Waals surface area (Å²) in [5, 5.41) is 3.17. The molecule has 1 atom stereocenters. The van der Waals surface area contributed by atoms with Gasteiger partial charge in [-0.2, -0.15) is 0 Å². The number of hydrogen-bond donors (Lipinski definition) is 1. The van der Waals surface area contributed by atoms with Crippen LogP contribution in [-0.2, 0) is 17.8 Å². The van der Waals surface area contributed by atoms with Crippen molar-refractivity contribution in [2.24, 2.45) is 0 Å². The summed E-state index contributed by atoms with van der Waals surface area (Å²) in [7, 11) is 0. The molecule has 2 heterocycles. The second-order valence-corrected chi connectivity index (χ2v) is 8.93. The third kappa shape index (κ3) is 4.95. The highest BCUT2D eigenvalue weighted by Crippen LogP contribution is 2.28. The summed E-state index contributed by atoms with van der Waals surface area (Å²) >= 11 is 0. The van der Waals surface area contributed by atoms with Crippen molar-refractivity contribution in [2.45, 2.75) is 25.9 Å². The molecule has 0 bridgehead atoms. The molecule has 3 aromatic carbocycles. The number of amides is 1. The molecule has 2 aliphatic rings. The highest BCUT2D eigenvalue weighted by molar-refractivity contribution is 5.98. The molecule has 1 fully saturated rings. The first-order valence-electron chi connectivity index (χ1n) is 11.8. The molecule has 5 rings (SSSR count). The second kappa shape index (κ2) is 9.77. The van der Waals surface area contributed by atoms with Crippen molar-refractivity contribution in [1.29, 1.82) is 0 Å². The second-order valence-electron chi connectivity index (χ2n) is 8.93. The molecule has 0 radical (unpaired) electrons. The van der Waals surface area contributed by atoms with E-state index in [0.29, 0.717) is 0 Å². The van der Waals surface area contributed by atoms with Crippen molar-refractivity contribution in [2.75, 3.05) is 38.1 Å². The Morgan fingerprint density at radius 3 is 2.55 bits per heavy atom. The van der Waals surface area contributed by atoms with Gasteiger partial charge in [-0.05, 0) is 35.7 Å². The molecule has 1 amide bonds. The Morgan fingerprint density at radius 1 is 0.970 bits per heavy atom. The van der Waals surface area contributed by atoms with Gasteiger partial charge in [0.25, 0.3) is 0 Å². The van der Waals surface area contributed by atoms with E-state index in [1.165, 1.54) is 11.1 Å². The largest absolute Gasteiger partial charge is 0.493 e. The quantitative estimate of drug-likeness (QED) is 0.615. The van der Waals surface area contributed by atoms with Crippen LogP contribution >= 0.6 is 0 Å². The number of nitrogens with one attached hydrogen (secondary N) is 1. The zero-order valence-electron chi connectivity index (χ0n) is 19.2. The summed E-state index contributed by atoms with van der Waals surface area (Å²) in [6.45, 7) is 7.47. The number of nitrogens with zero attached hydrogens (tertiary/aromatic N) is 2. The lowest BCUT2D eigenvalue weighted by molar-refractivity contribution is -0.121. The minimum atomic E-state index is -0.173. The van der Waals surface area contributed by atoms with E-state index in [0.717, 1.165) is 68.3 Å². The predicted molar refractivity (Wildman–Crippen MR) is 132 cm³/mol. The number of hydrogen-bond acceptors (Lipinski definition) is 4. The van der Waals surface area contributed by atoms with E-state index in [1.54, 1.807) is 0 Å². The SMILES string of the molecule is CC(C(=O)Nc1ccccc1-c1ccccc1)N1CCN(Cc2ccc3c(c2)CCO3)CC1. The standard InChI is InChI=1S/C28H31N3O2/c1-21(28(32)29-26-10-6-5-9-25(26)23-7-3-2-4-8-23)31-16-14-30(15-17-31)20-22-11-12-27-24(19-22)13-18-33-27/h2-12,19,21H,13-18,20H2,1H3,(H,29,32). The van der Waals surface area contributed by atoms with Gasteiger partial charge >= 0.3 is 0 Å². The smallest absolute Gasteiger partial charge is 0.241 e. The van der Waals surface area contributed by atoms with E-state index in [4.69, 9.17) is 4.74 Å². The summed E-state index contributed by atoms with van der Waals surface area (Å²) in [4.78, 5) is 17.9. The highest BCUT2D eigenvalue weighted by Gasteiger charge is 2.26. The Morgan fingerprint density at radius 2 is 1.73 bits per heavy atom. The highest BCUT2D eigenvalue weighted by atomic mass is 16.5. The first-order chi connectivity index (χ1) is 16.2. The first-order valence-corrected chi connectivity index (χ1v) is 11.8. The molecule has 1 saturated heterocycles. The molecule has 0 aromatic heterocycles. The predicted octanol–water partition coefficient (Wildman–Crippen LogP) is 4.43. The van der Waals surface area contributed by atoms with Crippen molar-refractivity contribution in [3.63, 3.8) is 0 Å². The maximum Gasteiger partial charge on any atom is 0.241 e. The number of ether oxygens (including phenoxy) is 1. The Bertz CT molecular complexity index is 1110. The summed E-state index contributed by atoms with van der Waals surface area (Å²) in [6, 6.07) is 24.6. The Labute approximate surface area is 196 Å². The lowest BCUT2D eigenvalue weighted by Gasteiger charge is -2.37. The van der Waals surface area contributed by atoms with Crippen LogP contribution in [0.3, 0.4) is 0 Å². The van der Waals surface area contributed by atoms with Gasteiger partial charge < -0.3 is 10.1 Å². The maximum atomic E-state index is 13.1. The van der Waals surface area contributed by atoms with Crippen LogP contribution < -0.4 is 10.1 Å². The van der Waals surface area contributed by atoms with Gasteiger partial charge in [-0.25, -0.2) is 0 Å². The topological polar surface area (TPSA) is 44.8 Å². The summed E-state index contributed by atoms with van der Waals surface area (Å²) in [5.74, 6) is 1.09. The third-order valence-electron chi connectivity index (χ3n) is 6.76. The Balaban J connectivity index is 1.17. The number of benzene rings is 3. The first kappa shape index (κ1) is 21.7. The van der Waals surface area contributed by atoms with E-state index in [-0.39, 0.29) is 11.9 Å².